The first-order valence-corrected chi connectivity index (χ1v) is 10.2. The maximum Gasteiger partial charge on any atom is 0.446 e. The van der Waals surface area contributed by atoms with Gasteiger partial charge in [-0.15, -0.1) is 10.2 Å². The molecule has 0 bridgehead atoms. The molecule has 0 radical (unpaired) electrons. The van der Waals surface area contributed by atoms with Crippen LogP contribution in [-0.4, -0.2) is 65.7 Å². The van der Waals surface area contributed by atoms with Gasteiger partial charge in [-0.25, -0.2) is 0 Å². The van der Waals surface area contributed by atoms with Crippen LogP contribution in [0.4, 0.5) is 24.7 Å². The van der Waals surface area contributed by atoms with Gasteiger partial charge in [0.25, 0.3) is 0 Å². The van der Waals surface area contributed by atoms with Crippen LogP contribution in [0.2, 0.25) is 0 Å². The summed E-state index contributed by atoms with van der Waals surface area (Å²) in [6, 6.07) is 10.4. The molecule has 0 spiro atoms. The molecular weight excluding hydrogens is 423 g/mol. The topological polar surface area (TPSA) is 78.4 Å². The molecule has 2 heterocycles. The SMILES string of the molecule is CC(=O)Nc1cccc(-c2nnc(N3CCN(C(C)C)CC3)cc2C)c1.O=CC(F)(F)F. The van der Waals surface area contributed by atoms with Gasteiger partial charge in [0.15, 0.2) is 5.82 Å². The summed E-state index contributed by atoms with van der Waals surface area (Å²) >= 11 is 0. The van der Waals surface area contributed by atoms with E-state index < -0.39 is 12.5 Å². The third-order valence-electron chi connectivity index (χ3n) is 4.93. The molecule has 0 saturated carbocycles. The fourth-order valence-electron chi connectivity index (χ4n) is 3.33. The number of piperazine rings is 1. The first-order chi connectivity index (χ1) is 15.0. The normalized spacial score (nSPS) is 14.6. The van der Waals surface area contributed by atoms with Crippen molar-refractivity contribution in [2.75, 3.05) is 36.4 Å². The molecule has 0 atom stereocenters. The molecule has 174 valence electrons. The molecule has 1 aromatic heterocycles. The van der Waals surface area contributed by atoms with Gasteiger partial charge in [-0.2, -0.15) is 13.2 Å². The first kappa shape index (κ1) is 25.3. The van der Waals surface area contributed by atoms with E-state index in [1.54, 1.807) is 0 Å². The van der Waals surface area contributed by atoms with E-state index in [1.807, 2.05) is 24.3 Å². The molecule has 3 rings (SSSR count). The van der Waals surface area contributed by atoms with Crippen molar-refractivity contribution in [1.82, 2.24) is 15.1 Å². The number of halogens is 3. The van der Waals surface area contributed by atoms with Gasteiger partial charge in [0.05, 0.1) is 5.69 Å². The number of rotatable bonds is 4. The molecule has 7 nitrogen and oxygen atoms in total. The van der Waals surface area contributed by atoms with E-state index in [-0.39, 0.29) is 5.91 Å². The largest absolute Gasteiger partial charge is 0.446 e. The predicted octanol–water partition coefficient (Wildman–Crippen LogP) is 3.69. The third kappa shape index (κ3) is 7.60. The highest BCUT2D eigenvalue weighted by atomic mass is 19.4. The van der Waals surface area contributed by atoms with Gasteiger partial charge in [-0.3, -0.25) is 14.5 Å². The minimum absolute atomic E-state index is 0.0826. The predicted molar refractivity (Wildman–Crippen MR) is 118 cm³/mol. The van der Waals surface area contributed by atoms with E-state index in [4.69, 9.17) is 4.79 Å². The van der Waals surface area contributed by atoms with Gasteiger partial charge >= 0.3 is 6.18 Å². The number of carbonyl (C=O) groups is 2. The minimum Gasteiger partial charge on any atom is -0.353 e. The summed E-state index contributed by atoms with van der Waals surface area (Å²) in [4.78, 5) is 24.8. The van der Waals surface area contributed by atoms with Crippen LogP contribution in [0.25, 0.3) is 11.3 Å². The second kappa shape index (κ2) is 11.0. The number of alkyl halides is 3. The van der Waals surface area contributed by atoms with E-state index in [2.05, 4.69) is 52.2 Å². The number of anilines is 2. The highest BCUT2D eigenvalue weighted by molar-refractivity contribution is 5.89. The zero-order chi connectivity index (χ0) is 23.9. The highest BCUT2D eigenvalue weighted by Crippen LogP contribution is 2.26. The zero-order valence-electron chi connectivity index (χ0n) is 18.6. The molecule has 1 saturated heterocycles. The van der Waals surface area contributed by atoms with Crippen LogP contribution in [-0.2, 0) is 9.59 Å². The summed E-state index contributed by atoms with van der Waals surface area (Å²) in [5, 5.41) is 11.8. The maximum absolute atomic E-state index is 11.3. The van der Waals surface area contributed by atoms with Crippen LogP contribution in [0.15, 0.2) is 30.3 Å². The van der Waals surface area contributed by atoms with Crippen LogP contribution in [0.3, 0.4) is 0 Å². The lowest BCUT2D eigenvalue weighted by atomic mass is 10.1. The van der Waals surface area contributed by atoms with Crippen LogP contribution >= 0.6 is 0 Å². The number of nitrogens with zero attached hydrogens (tertiary/aromatic N) is 4. The summed E-state index contributed by atoms with van der Waals surface area (Å²) in [6.45, 7) is 12.1. The molecule has 0 aliphatic carbocycles. The molecule has 1 fully saturated rings. The average Bonchev–Trinajstić information content (AvgIpc) is 2.73. The summed E-state index contributed by atoms with van der Waals surface area (Å²) in [5.41, 5.74) is 3.66. The van der Waals surface area contributed by atoms with Crippen molar-refractivity contribution >= 4 is 23.7 Å². The smallest absolute Gasteiger partial charge is 0.353 e. The number of aromatic nitrogens is 2. The number of nitrogens with one attached hydrogen (secondary N) is 1. The van der Waals surface area contributed by atoms with Crippen molar-refractivity contribution in [1.29, 1.82) is 0 Å². The molecule has 1 aromatic carbocycles. The van der Waals surface area contributed by atoms with E-state index in [0.717, 1.165) is 54.5 Å². The fraction of sp³-hybridized carbons (Fsp3) is 0.455. The van der Waals surface area contributed by atoms with Crippen molar-refractivity contribution in [2.24, 2.45) is 0 Å². The summed E-state index contributed by atoms with van der Waals surface area (Å²) in [7, 11) is 0. The van der Waals surface area contributed by atoms with Crippen molar-refractivity contribution in [3.63, 3.8) is 0 Å². The van der Waals surface area contributed by atoms with Gasteiger partial charge in [-0.05, 0) is 44.5 Å². The van der Waals surface area contributed by atoms with Crippen LogP contribution in [0, 0.1) is 6.92 Å². The molecule has 1 N–H and O–H groups in total. The second-order valence-corrected chi connectivity index (χ2v) is 7.77. The standard InChI is InChI=1S/C20H27N5O.C2HF3O/c1-14(2)24-8-10-25(11-9-24)19-12-15(3)20(23-22-19)17-6-5-7-18(13-17)21-16(4)26;3-2(4,5)1-6/h5-7,12-14H,8-11H2,1-4H3,(H,21,26);1H. The average molecular weight is 451 g/mol. The Morgan fingerprint density at radius 3 is 2.25 bits per heavy atom. The Bertz CT molecular complexity index is 926. The monoisotopic (exact) mass is 451 g/mol. The van der Waals surface area contributed by atoms with E-state index in [0.29, 0.717) is 6.04 Å². The van der Waals surface area contributed by atoms with Crippen molar-refractivity contribution in [2.45, 2.75) is 39.9 Å². The Morgan fingerprint density at radius 2 is 1.75 bits per heavy atom. The van der Waals surface area contributed by atoms with Crippen LogP contribution in [0.1, 0.15) is 26.3 Å². The molecule has 2 aromatic rings. The number of hydrogen-bond acceptors (Lipinski definition) is 6. The first-order valence-electron chi connectivity index (χ1n) is 10.2. The fourth-order valence-corrected chi connectivity index (χ4v) is 3.33. The van der Waals surface area contributed by atoms with E-state index >= 15 is 0 Å². The second-order valence-electron chi connectivity index (χ2n) is 7.77. The Balaban J connectivity index is 0.000000534. The highest BCUT2D eigenvalue weighted by Gasteiger charge is 2.25. The summed E-state index contributed by atoms with van der Waals surface area (Å²) < 4.78 is 31.2. The summed E-state index contributed by atoms with van der Waals surface area (Å²) in [5.74, 6) is 0.855. The molecule has 1 aliphatic heterocycles. The third-order valence-corrected chi connectivity index (χ3v) is 4.93. The van der Waals surface area contributed by atoms with Gasteiger partial charge in [0.1, 0.15) is 0 Å². The van der Waals surface area contributed by atoms with Crippen LogP contribution < -0.4 is 10.2 Å². The molecule has 10 heteroatoms. The number of carbonyl (C=O) groups excluding carboxylic acids is 2. The Labute approximate surface area is 185 Å². The Morgan fingerprint density at radius 1 is 1.12 bits per heavy atom. The Hall–Kier alpha value is -3.01. The maximum atomic E-state index is 11.3. The number of hydrogen-bond donors (Lipinski definition) is 1. The van der Waals surface area contributed by atoms with Crippen LogP contribution in [0.5, 0.6) is 0 Å². The van der Waals surface area contributed by atoms with E-state index in [1.165, 1.54) is 6.92 Å². The Kier molecular flexibility index (Phi) is 8.71. The molecule has 1 amide bonds. The quantitative estimate of drug-likeness (QED) is 0.715. The van der Waals surface area contributed by atoms with Gasteiger partial charge in [0.2, 0.25) is 12.2 Å². The molecule has 0 unspecified atom stereocenters. The number of aryl methyl sites for hydroxylation is 1. The molecule has 32 heavy (non-hydrogen) atoms. The number of aldehydes is 1. The van der Waals surface area contributed by atoms with Gasteiger partial charge in [-0.1, -0.05) is 12.1 Å². The summed E-state index contributed by atoms with van der Waals surface area (Å²) in [6.07, 6.45) is -5.70. The number of amides is 1. The van der Waals surface area contributed by atoms with Crippen molar-refractivity contribution < 1.29 is 22.8 Å². The van der Waals surface area contributed by atoms with Crippen molar-refractivity contribution in [3.05, 3.63) is 35.9 Å². The van der Waals surface area contributed by atoms with Gasteiger partial charge in [0, 0.05) is 50.4 Å². The zero-order valence-corrected chi connectivity index (χ0v) is 18.6. The lowest BCUT2D eigenvalue weighted by Crippen LogP contribution is -2.49. The van der Waals surface area contributed by atoms with Crippen molar-refractivity contribution in [3.8, 4) is 11.3 Å². The molecule has 1 aliphatic rings. The van der Waals surface area contributed by atoms with Gasteiger partial charge < -0.3 is 10.2 Å². The lowest BCUT2D eigenvalue weighted by molar-refractivity contribution is -0.156. The molecular formula is C22H28F3N5O2. The number of benzene rings is 1. The van der Waals surface area contributed by atoms with E-state index in [9.17, 15) is 18.0 Å². The lowest BCUT2D eigenvalue weighted by Gasteiger charge is -2.37. The minimum atomic E-state index is -4.64.